The Hall–Kier alpha value is -1.42. The highest BCUT2D eigenvalue weighted by Gasteiger charge is 2.14. The van der Waals surface area contributed by atoms with Crippen molar-refractivity contribution in [3.63, 3.8) is 0 Å². The fourth-order valence-corrected chi connectivity index (χ4v) is 2.15. The maximum atomic E-state index is 5.36. The van der Waals surface area contributed by atoms with Crippen molar-refractivity contribution in [2.45, 2.75) is 12.8 Å². The lowest BCUT2D eigenvalue weighted by Gasteiger charge is -2.23. The number of nitrogens with one attached hydrogen (secondary N) is 1. The predicted molar refractivity (Wildman–Crippen MR) is 71.6 cm³/mol. The molecule has 0 bridgehead atoms. The van der Waals surface area contributed by atoms with Gasteiger partial charge in [0.05, 0.1) is 19.9 Å². The van der Waals surface area contributed by atoms with Crippen LogP contribution in [-0.2, 0) is 4.74 Å². The SMILES string of the molecule is COc1ccc(NCC2CCOCC2)c(OC)c1. The van der Waals surface area contributed by atoms with Crippen LogP contribution in [0.15, 0.2) is 18.2 Å². The molecule has 4 heteroatoms. The van der Waals surface area contributed by atoms with Gasteiger partial charge < -0.3 is 19.5 Å². The molecule has 1 saturated heterocycles. The molecule has 0 radical (unpaired) electrons. The summed E-state index contributed by atoms with van der Waals surface area (Å²) in [6.07, 6.45) is 2.26. The number of methoxy groups -OCH3 is 2. The monoisotopic (exact) mass is 251 g/mol. The minimum atomic E-state index is 0.686. The van der Waals surface area contributed by atoms with E-state index in [0.29, 0.717) is 5.92 Å². The number of hydrogen-bond acceptors (Lipinski definition) is 4. The van der Waals surface area contributed by atoms with E-state index in [2.05, 4.69) is 5.32 Å². The van der Waals surface area contributed by atoms with Crippen LogP contribution >= 0.6 is 0 Å². The molecule has 0 atom stereocenters. The molecule has 1 N–H and O–H groups in total. The first-order valence-corrected chi connectivity index (χ1v) is 6.37. The van der Waals surface area contributed by atoms with E-state index in [1.807, 2.05) is 18.2 Å². The summed E-state index contributed by atoms with van der Waals surface area (Å²) >= 11 is 0. The first kappa shape index (κ1) is 13.0. The molecule has 18 heavy (non-hydrogen) atoms. The average Bonchev–Trinajstić information content (AvgIpc) is 2.46. The highest BCUT2D eigenvalue weighted by molar-refractivity contribution is 5.59. The molecule has 1 aliphatic heterocycles. The van der Waals surface area contributed by atoms with E-state index in [9.17, 15) is 0 Å². The Kier molecular flexibility index (Phi) is 4.70. The van der Waals surface area contributed by atoms with Gasteiger partial charge in [0.1, 0.15) is 11.5 Å². The molecular weight excluding hydrogens is 230 g/mol. The quantitative estimate of drug-likeness (QED) is 0.873. The Morgan fingerprint density at radius 2 is 2.00 bits per heavy atom. The number of anilines is 1. The summed E-state index contributed by atoms with van der Waals surface area (Å²) in [5.74, 6) is 2.32. The molecule has 1 aliphatic rings. The molecule has 1 fully saturated rings. The molecule has 0 unspecified atom stereocenters. The molecular formula is C14H21NO3. The fraction of sp³-hybridized carbons (Fsp3) is 0.571. The largest absolute Gasteiger partial charge is 0.497 e. The van der Waals surface area contributed by atoms with Gasteiger partial charge in [-0.25, -0.2) is 0 Å². The van der Waals surface area contributed by atoms with Gasteiger partial charge in [-0.1, -0.05) is 0 Å². The Balaban J connectivity index is 1.95. The molecule has 1 aromatic rings. The van der Waals surface area contributed by atoms with Crippen LogP contribution < -0.4 is 14.8 Å². The van der Waals surface area contributed by atoms with Gasteiger partial charge in [-0.3, -0.25) is 0 Å². The third-order valence-electron chi connectivity index (χ3n) is 3.33. The Bertz CT molecular complexity index is 375. The molecule has 1 aromatic carbocycles. The Labute approximate surface area is 108 Å². The highest BCUT2D eigenvalue weighted by atomic mass is 16.5. The first-order valence-electron chi connectivity index (χ1n) is 6.37. The third-order valence-corrected chi connectivity index (χ3v) is 3.33. The average molecular weight is 251 g/mol. The van der Waals surface area contributed by atoms with Crippen molar-refractivity contribution in [1.82, 2.24) is 0 Å². The van der Waals surface area contributed by atoms with Gasteiger partial charge in [-0.15, -0.1) is 0 Å². The molecule has 0 spiro atoms. The zero-order valence-electron chi connectivity index (χ0n) is 11.1. The number of rotatable bonds is 5. The van der Waals surface area contributed by atoms with E-state index in [4.69, 9.17) is 14.2 Å². The van der Waals surface area contributed by atoms with Crippen molar-refractivity contribution in [2.75, 3.05) is 39.3 Å². The van der Waals surface area contributed by atoms with Crippen LogP contribution in [0.5, 0.6) is 11.5 Å². The maximum Gasteiger partial charge on any atom is 0.145 e. The predicted octanol–water partition coefficient (Wildman–Crippen LogP) is 2.54. The molecule has 0 saturated carbocycles. The molecule has 100 valence electrons. The van der Waals surface area contributed by atoms with Crippen LogP contribution in [0.3, 0.4) is 0 Å². The molecule has 1 heterocycles. The number of benzene rings is 1. The summed E-state index contributed by atoms with van der Waals surface area (Å²) in [5.41, 5.74) is 1.02. The van der Waals surface area contributed by atoms with E-state index >= 15 is 0 Å². The molecule has 0 amide bonds. The maximum absolute atomic E-state index is 5.36. The van der Waals surface area contributed by atoms with E-state index in [-0.39, 0.29) is 0 Å². The molecule has 4 nitrogen and oxygen atoms in total. The van der Waals surface area contributed by atoms with E-state index in [1.54, 1.807) is 14.2 Å². The summed E-state index contributed by atoms with van der Waals surface area (Å²) in [5, 5.41) is 3.45. The minimum absolute atomic E-state index is 0.686. The van der Waals surface area contributed by atoms with Crippen molar-refractivity contribution in [1.29, 1.82) is 0 Å². The molecule has 0 aliphatic carbocycles. The minimum Gasteiger partial charge on any atom is -0.497 e. The van der Waals surface area contributed by atoms with Crippen LogP contribution in [0, 0.1) is 5.92 Å². The summed E-state index contributed by atoms with van der Waals surface area (Å²) in [4.78, 5) is 0. The van der Waals surface area contributed by atoms with Crippen molar-refractivity contribution in [3.05, 3.63) is 18.2 Å². The van der Waals surface area contributed by atoms with Crippen molar-refractivity contribution in [3.8, 4) is 11.5 Å². The summed E-state index contributed by atoms with van der Waals surface area (Å²) in [6, 6.07) is 5.83. The second kappa shape index (κ2) is 6.50. The topological polar surface area (TPSA) is 39.7 Å². The summed E-state index contributed by atoms with van der Waals surface area (Å²) < 4.78 is 15.9. The van der Waals surface area contributed by atoms with Crippen LogP contribution in [-0.4, -0.2) is 34.0 Å². The van der Waals surface area contributed by atoms with Gasteiger partial charge in [0.15, 0.2) is 0 Å². The lowest BCUT2D eigenvalue weighted by molar-refractivity contribution is 0.0699. The van der Waals surface area contributed by atoms with Gasteiger partial charge in [0.2, 0.25) is 0 Å². The standard InChI is InChI=1S/C14H21NO3/c1-16-12-3-4-13(14(9-12)17-2)15-10-11-5-7-18-8-6-11/h3-4,9,11,15H,5-8,10H2,1-2H3. The van der Waals surface area contributed by atoms with Crippen molar-refractivity contribution < 1.29 is 14.2 Å². The zero-order valence-corrected chi connectivity index (χ0v) is 11.1. The van der Waals surface area contributed by atoms with Crippen LogP contribution in [0.1, 0.15) is 12.8 Å². The summed E-state index contributed by atoms with van der Waals surface area (Å²) in [7, 11) is 3.33. The first-order chi connectivity index (χ1) is 8.83. The highest BCUT2D eigenvalue weighted by Crippen LogP contribution is 2.29. The fourth-order valence-electron chi connectivity index (χ4n) is 2.15. The smallest absolute Gasteiger partial charge is 0.145 e. The van der Waals surface area contributed by atoms with Gasteiger partial charge >= 0.3 is 0 Å². The van der Waals surface area contributed by atoms with Gasteiger partial charge in [-0.05, 0) is 30.9 Å². The molecule has 2 rings (SSSR count). The number of hydrogen-bond donors (Lipinski definition) is 1. The second-order valence-electron chi connectivity index (χ2n) is 4.50. The lowest BCUT2D eigenvalue weighted by atomic mass is 10.0. The van der Waals surface area contributed by atoms with Crippen LogP contribution in [0.4, 0.5) is 5.69 Å². The number of ether oxygens (including phenoxy) is 3. The van der Waals surface area contributed by atoms with Crippen LogP contribution in [0.25, 0.3) is 0 Å². The van der Waals surface area contributed by atoms with E-state index in [1.165, 1.54) is 0 Å². The van der Waals surface area contributed by atoms with Gasteiger partial charge in [-0.2, -0.15) is 0 Å². The van der Waals surface area contributed by atoms with Crippen LogP contribution in [0.2, 0.25) is 0 Å². The van der Waals surface area contributed by atoms with E-state index in [0.717, 1.165) is 49.8 Å². The Morgan fingerprint density at radius 1 is 1.22 bits per heavy atom. The van der Waals surface area contributed by atoms with Gasteiger partial charge in [0.25, 0.3) is 0 Å². The van der Waals surface area contributed by atoms with Gasteiger partial charge in [0, 0.05) is 25.8 Å². The molecule has 0 aromatic heterocycles. The lowest BCUT2D eigenvalue weighted by Crippen LogP contribution is -2.22. The second-order valence-corrected chi connectivity index (χ2v) is 4.50. The zero-order chi connectivity index (χ0) is 12.8. The normalized spacial score (nSPS) is 16.3. The van der Waals surface area contributed by atoms with E-state index < -0.39 is 0 Å². The third kappa shape index (κ3) is 3.29. The van der Waals surface area contributed by atoms with Crippen molar-refractivity contribution in [2.24, 2.45) is 5.92 Å². The summed E-state index contributed by atoms with van der Waals surface area (Å²) in [6.45, 7) is 2.73. The Morgan fingerprint density at radius 3 is 2.67 bits per heavy atom. The van der Waals surface area contributed by atoms with Crippen molar-refractivity contribution >= 4 is 5.69 Å².